The fourth-order valence-electron chi connectivity index (χ4n) is 2.01. The van der Waals surface area contributed by atoms with Crippen molar-refractivity contribution >= 4 is 23.4 Å². The van der Waals surface area contributed by atoms with Gasteiger partial charge in [0.2, 0.25) is 0 Å². The summed E-state index contributed by atoms with van der Waals surface area (Å²) in [6, 6.07) is 9.49. The van der Waals surface area contributed by atoms with Gasteiger partial charge >= 0.3 is 0 Å². The van der Waals surface area contributed by atoms with Crippen molar-refractivity contribution in [1.82, 2.24) is 4.57 Å². The van der Waals surface area contributed by atoms with Crippen LogP contribution in [0.1, 0.15) is 5.56 Å². The number of benzene rings is 1. The highest BCUT2D eigenvalue weighted by Gasteiger charge is 2.23. The maximum atomic E-state index is 11.9. The number of nitrogens with one attached hydrogen (secondary N) is 1. The Morgan fingerprint density at radius 1 is 1.28 bits per heavy atom. The number of fused-ring (bicyclic) bond motifs is 1. The van der Waals surface area contributed by atoms with Crippen molar-refractivity contribution in [2.24, 2.45) is 0 Å². The lowest BCUT2D eigenvalue weighted by Crippen LogP contribution is -2.04. The quantitative estimate of drug-likeness (QED) is 0.819. The molecule has 4 heteroatoms. The van der Waals surface area contributed by atoms with Gasteiger partial charge in [0.05, 0.1) is 18.9 Å². The molecule has 0 bridgehead atoms. The number of carbonyl (C=O) groups excluding carboxylic acids is 1. The number of hydrogen-bond donors (Lipinski definition) is 1. The van der Waals surface area contributed by atoms with Crippen LogP contribution in [0, 0.1) is 0 Å². The molecular weight excluding hydrogens is 228 g/mol. The van der Waals surface area contributed by atoms with Gasteiger partial charge in [-0.15, -0.1) is 0 Å². The molecule has 1 aromatic heterocycles. The summed E-state index contributed by atoms with van der Waals surface area (Å²) in [4.78, 5) is 11.9. The van der Waals surface area contributed by atoms with E-state index in [1.807, 2.05) is 47.3 Å². The minimum atomic E-state index is -0.0798. The van der Waals surface area contributed by atoms with E-state index < -0.39 is 0 Å². The molecule has 1 N–H and O–H groups in total. The zero-order valence-electron chi connectivity index (χ0n) is 9.88. The number of para-hydroxylation sites is 1. The number of hydrogen-bond acceptors (Lipinski definition) is 2. The average Bonchev–Trinajstić information content (AvgIpc) is 2.96. The van der Waals surface area contributed by atoms with Gasteiger partial charge in [-0.05, 0) is 12.1 Å². The molecule has 0 atom stereocenters. The predicted octanol–water partition coefficient (Wildman–Crippen LogP) is 2.45. The van der Waals surface area contributed by atoms with E-state index in [9.17, 15) is 4.79 Å². The molecule has 0 radical (unpaired) electrons. The number of anilines is 1. The predicted molar refractivity (Wildman–Crippen MR) is 70.2 cm³/mol. The van der Waals surface area contributed by atoms with Gasteiger partial charge in [0.15, 0.2) is 0 Å². The van der Waals surface area contributed by atoms with Crippen LogP contribution in [-0.2, 0) is 4.79 Å². The van der Waals surface area contributed by atoms with Crippen LogP contribution in [0.25, 0.3) is 11.8 Å². The van der Waals surface area contributed by atoms with Gasteiger partial charge in [0.25, 0.3) is 5.91 Å². The second-order valence-corrected chi connectivity index (χ2v) is 4.04. The van der Waals surface area contributed by atoms with E-state index in [4.69, 9.17) is 4.74 Å². The first-order valence-corrected chi connectivity index (χ1v) is 5.62. The number of amides is 1. The number of aromatic nitrogens is 1. The van der Waals surface area contributed by atoms with Gasteiger partial charge in [-0.3, -0.25) is 4.79 Å². The molecule has 3 rings (SSSR count). The summed E-state index contributed by atoms with van der Waals surface area (Å²) in [7, 11) is 1.62. The molecule has 0 aliphatic carbocycles. The molecule has 90 valence electrons. The first kappa shape index (κ1) is 10.7. The van der Waals surface area contributed by atoms with Crippen molar-refractivity contribution in [3.63, 3.8) is 0 Å². The Morgan fingerprint density at radius 2 is 2.11 bits per heavy atom. The molecule has 1 aliphatic heterocycles. The van der Waals surface area contributed by atoms with Crippen molar-refractivity contribution in [3.05, 3.63) is 48.3 Å². The van der Waals surface area contributed by atoms with E-state index in [0.29, 0.717) is 5.57 Å². The number of ether oxygens (including phenoxy) is 1. The summed E-state index contributed by atoms with van der Waals surface area (Å²) in [5, 5.41) is 2.84. The molecule has 1 aliphatic rings. The minimum Gasteiger partial charge on any atom is -0.495 e. The molecule has 18 heavy (non-hydrogen) atoms. The summed E-state index contributed by atoms with van der Waals surface area (Å²) in [6.07, 6.45) is 5.46. The Bertz CT molecular complexity index is 641. The highest BCUT2D eigenvalue weighted by Crippen LogP contribution is 2.31. The normalized spacial score (nSPS) is 15.6. The van der Waals surface area contributed by atoms with E-state index in [1.165, 1.54) is 0 Å². The largest absolute Gasteiger partial charge is 0.495 e. The first-order valence-electron chi connectivity index (χ1n) is 5.62. The first-order chi connectivity index (χ1) is 8.78. The second kappa shape index (κ2) is 4.07. The van der Waals surface area contributed by atoms with Crippen molar-refractivity contribution in [1.29, 1.82) is 0 Å². The van der Waals surface area contributed by atoms with E-state index in [1.54, 1.807) is 13.3 Å². The minimum absolute atomic E-state index is 0.0798. The maximum Gasteiger partial charge on any atom is 0.257 e. The van der Waals surface area contributed by atoms with Crippen LogP contribution in [0.4, 0.5) is 5.69 Å². The third-order valence-corrected chi connectivity index (χ3v) is 2.91. The molecule has 0 unspecified atom stereocenters. The van der Waals surface area contributed by atoms with E-state index >= 15 is 0 Å². The molecular formula is C14H12N2O2. The highest BCUT2D eigenvalue weighted by molar-refractivity contribution is 6.34. The Kier molecular flexibility index (Phi) is 2.41. The lowest BCUT2D eigenvalue weighted by molar-refractivity contribution is -0.110. The summed E-state index contributed by atoms with van der Waals surface area (Å²) < 4.78 is 6.92. The number of carbonyl (C=O) groups is 1. The van der Waals surface area contributed by atoms with Crippen LogP contribution in [0.15, 0.2) is 42.7 Å². The zero-order chi connectivity index (χ0) is 12.5. The molecule has 1 aromatic carbocycles. The lowest BCUT2D eigenvalue weighted by Gasteiger charge is -1.98. The van der Waals surface area contributed by atoms with E-state index in [2.05, 4.69) is 5.32 Å². The molecule has 0 saturated heterocycles. The smallest absolute Gasteiger partial charge is 0.257 e. The number of rotatable bonds is 2. The Morgan fingerprint density at radius 3 is 2.89 bits per heavy atom. The third kappa shape index (κ3) is 1.68. The number of methoxy groups -OCH3 is 1. The summed E-state index contributed by atoms with van der Waals surface area (Å²) in [5.41, 5.74) is 2.44. The van der Waals surface area contributed by atoms with Gasteiger partial charge in [-0.2, -0.15) is 0 Å². The van der Waals surface area contributed by atoms with Crippen LogP contribution < -0.4 is 10.1 Å². The van der Waals surface area contributed by atoms with Gasteiger partial charge < -0.3 is 14.6 Å². The van der Waals surface area contributed by atoms with E-state index in [0.717, 1.165) is 17.0 Å². The van der Waals surface area contributed by atoms with Crippen LogP contribution in [0.5, 0.6) is 5.75 Å². The van der Waals surface area contributed by atoms with Crippen molar-refractivity contribution in [3.8, 4) is 5.75 Å². The van der Waals surface area contributed by atoms with Gasteiger partial charge in [0, 0.05) is 23.6 Å². The lowest BCUT2D eigenvalue weighted by atomic mass is 10.1. The highest BCUT2D eigenvalue weighted by atomic mass is 16.5. The second-order valence-electron chi connectivity index (χ2n) is 4.04. The summed E-state index contributed by atoms with van der Waals surface area (Å²) in [5.74, 6) is 0.683. The molecule has 2 heterocycles. The fraction of sp³-hybridized carbons (Fsp3) is 0.0714. The van der Waals surface area contributed by atoms with Crippen molar-refractivity contribution < 1.29 is 9.53 Å². The Hall–Kier alpha value is -2.49. The summed E-state index contributed by atoms with van der Waals surface area (Å²) in [6.45, 7) is 0. The molecule has 0 fully saturated rings. The van der Waals surface area contributed by atoms with Crippen LogP contribution in [0.2, 0.25) is 0 Å². The number of nitrogens with zero attached hydrogens (tertiary/aromatic N) is 1. The Labute approximate surface area is 104 Å². The van der Waals surface area contributed by atoms with Crippen molar-refractivity contribution in [2.45, 2.75) is 0 Å². The van der Waals surface area contributed by atoms with Crippen LogP contribution in [-0.4, -0.2) is 17.6 Å². The third-order valence-electron chi connectivity index (χ3n) is 2.91. The fourth-order valence-corrected chi connectivity index (χ4v) is 2.01. The molecule has 0 saturated carbocycles. The maximum absolute atomic E-state index is 11.9. The van der Waals surface area contributed by atoms with E-state index in [-0.39, 0.29) is 5.91 Å². The van der Waals surface area contributed by atoms with Crippen LogP contribution >= 0.6 is 0 Å². The zero-order valence-corrected chi connectivity index (χ0v) is 9.88. The van der Waals surface area contributed by atoms with Crippen LogP contribution in [0.3, 0.4) is 0 Å². The van der Waals surface area contributed by atoms with Crippen molar-refractivity contribution in [2.75, 3.05) is 12.4 Å². The SMILES string of the molecule is COc1ccn(C=C2C(=O)Nc3ccccc32)c1. The Balaban J connectivity index is 2.04. The molecule has 2 aromatic rings. The average molecular weight is 240 g/mol. The molecule has 1 amide bonds. The monoisotopic (exact) mass is 240 g/mol. The standard InChI is InChI=1S/C14H12N2O2/c1-18-10-6-7-16(8-10)9-12-11-4-2-3-5-13(11)15-14(12)17/h2-9H,1H3,(H,15,17). The molecule has 4 nitrogen and oxygen atoms in total. The summed E-state index contributed by atoms with van der Waals surface area (Å²) >= 11 is 0. The molecule has 0 spiro atoms. The van der Waals surface area contributed by atoms with Gasteiger partial charge in [0.1, 0.15) is 5.75 Å². The topological polar surface area (TPSA) is 43.3 Å². The van der Waals surface area contributed by atoms with Gasteiger partial charge in [-0.1, -0.05) is 18.2 Å². The van der Waals surface area contributed by atoms with Gasteiger partial charge in [-0.25, -0.2) is 0 Å².